The average Bonchev–Trinajstić information content (AvgIpc) is 2.64. The first-order valence-corrected chi connectivity index (χ1v) is 6.85. The van der Waals surface area contributed by atoms with Gasteiger partial charge in [-0.25, -0.2) is 0 Å². The predicted molar refractivity (Wildman–Crippen MR) is 62.4 cm³/mol. The lowest BCUT2D eigenvalue weighted by atomic mass is 10.1. The molecule has 1 saturated carbocycles. The minimum Gasteiger partial charge on any atom is -0.316 e. The van der Waals surface area contributed by atoms with Gasteiger partial charge in [0.1, 0.15) is 0 Å². The number of thioether (sulfide) groups is 1. The van der Waals surface area contributed by atoms with Gasteiger partial charge < -0.3 is 5.32 Å². The van der Waals surface area contributed by atoms with E-state index in [9.17, 15) is 0 Å². The second kappa shape index (κ2) is 6.72. The standard InChI is InChI=1S/C11H23NS/c1-10(13-2)7-8-12-9-11-5-3-4-6-11/h10-12H,3-9H2,1-2H3. The van der Waals surface area contributed by atoms with E-state index in [1.54, 1.807) is 0 Å². The van der Waals surface area contributed by atoms with Crippen molar-refractivity contribution in [3.8, 4) is 0 Å². The van der Waals surface area contributed by atoms with Crippen LogP contribution in [0.2, 0.25) is 0 Å². The topological polar surface area (TPSA) is 12.0 Å². The summed E-state index contributed by atoms with van der Waals surface area (Å²) in [5.74, 6) is 0.990. The lowest BCUT2D eigenvalue weighted by Crippen LogP contribution is -2.23. The summed E-state index contributed by atoms with van der Waals surface area (Å²) < 4.78 is 0. The molecule has 1 N–H and O–H groups in total. The zero-order chi connectivity index (χ0) is 9.52. The molecule has 0 bridgehead atoms. The quantitative estimate of drug-likeness (QED) is 0.663. The van der Waals surface area contributed by atoms with Gasteiger partial charge in [-0.3, -0.25) is 0 Å². The van der Waals surface area contributed by atoms with Crippen molar-refractivity contribution in [2.75, 3.05) is 19.3 Å². The van der Waals surface area contributed by atoms with E-state index in [1.165, 1.54) is 45.2 Å². The Kier molecular flexibility index (Phi) is 5.88. The maximum Gasteiger partial charge on any atom is 0.00280 e. The van der Waals surface area contributed by atoms with Crippen LogP contribution in [-0.2, 0) is 0 Å². The molecular weight excluding hydrogens is 178 g/mol. The van der Waals surface area contributed by atoms with Crippen LogP contribution in [0.1, 0.15) is 39.0 Å². The van der Waals surface area contributed by atoms with Gasteiger partial charge >= 0.3 is 0 Å². The molecule has 1 nitrogen and oxygen atoms in total. The second-order valence-electron chi connectivity index (χ2n) is 4.19. The molecule has 2 heteroatoms. The second-order valence-corrected chi connectivity index (χ2v) is 5.47. The first kappa shape index (κ1) is 11.4. The SMILES string of the molecule is CSC(C)CCNCC1CCCC1. The molecular formula is C11H23NS. The van der Waals surface area contributed by atoms with E-state index in [1.807, 2.05) is 11.8 Å². The lowest BCUT2D eigenvalue weighted by molar-refractivity contribution is 0.486. The van der Waals surface area contributed by atoms with Crippen LogP contribution in [0.25, 0.3) is 0 Å². The van der Waals surface area contributed by atoms with Gasteiger partial charge in [0.25, 0.3) is 0 Å². The number of hydrogen-bond donors (Lipinski definition) is 1. The maximum atomic E-state index is 3.58. The normalized spacial score (nSPS) is 20.8. The van der Waals surface area contributed by atoms with Gasteiger partial charge in [0.2, 0.25) is 0 Å². The van der Waals surface area contributed by atoms with Gasteiger partial charge in [-0.1, -0.05) is 19.8 Å². The van der Waals surface area contributed by atoms with Gasteiger partial charge in [0.15, 0.2) is 0 Å². The summed E-state index contributed by atoms with van der Waals surface area (Å²) in [5, 5.41) is 4.40. The molecule has 1 fully saturated rings. The molecule has 0 aliphatic heterocycles. The van der Waals surface area contributed by atoms with E-state index in [2.05, 4.69) is 18.5 Å². The summed E-state index contributed by atoms with van der Waals surface area (Å²) in [6.45, 7) is 4.78. The Morgan fingerprint density at radius 1 is 1.38 bits per heavy atom. The van der Waals surface area contributed by atoms with Gasteiger partial charge in [0, 0.05) is 5.25 Å². The lowest BCUT2D eigenvalue weighted by Gasteiger charge is -2.12. The third-order valence-electron chi connectivity index (χ3n) is 3.04. The first-order valence-electron chi connectivity index (χ1n) is 5.56. The molecule has 1 aliphatic rings. The van der Waals surface area contributed by atoms with Gasteiger partial charge in [-0.2, -0.15) is 11.8 Å². The van der Waals surface area contributed by atoms with E-state index in [4.69, 9.17) is 0 Å². The van der Waals surface area contributed by atoms with Crippen molar-refractivity contribution in [2.45, 2.75) is 44.3 Å². The van der Waals surface area contributed by atoms with Crippen molar-refractivity contribution in [1.29, 1.82) is 0 Å². The zero-order valence-corrected chi connectivity index (χ0v) is 9.83. The number of hydrogen-bond acceptors (Lipinski definition) is 2. The first-order chi connectivity index (χ1) is 6.33. The molecule has 1 atom stereocenters. The fraction of sp³-hybridized carbons (Fsp3) is 1.00. The molecule has 0 heterocycles. The highest BCUT2D eigenvalue weighted by atomic mass is 32.2. The van der Waals surface area contributed by atoms with E-state index < -0.39 is 0 Å². The monoisotopic (exact) mass is 201 g/mol. The molecule has 0 aromatic heterocycles. The molecule has 78 valence electrons. The van der Waals surface area contributed by atoms with Gasteiger partial charge in [-0.15, -0.1) is 0 Å². The van der Waals surface area contributed by atoms with Crippen molar-refractivity contribution in [2.24, 2.45) is 5.92 Å². The number of rotatable bonds is 6. The summed E-state index contributed by atoms with van der Waals surface area (Å²) in [6.07, 6.45) is 9.37. The Balaban J connectivity index is 1.88. The molecule has 0 aromatic rings. The Labute approximate surface area is 87.1 Å². The number of nitrogens with one attached hydrogen (secondary N) is 1. The third-order valence-corrected chi connectivity index (χ3v) is 4.08. The van der Waals surface area contributed by atoms with Crippen LogP contribution in [-0.4, -0.2) is 24.6 Å². The molecule has 0 amide bonds. The molecule has 0 radical (unpaired) electrons. The third kappa shape index (κ3) is 4.92. The predicted octanol–water partition coefficient (Wildman–Crippen LogP) is 2.91. The largest absolute Gasteiger partial charge is 0.316 e. The highest BCUT2D eigenvalue weighted by Gasteiger charge is 2.13. The molecule has 0 spiro atoms. The van der Waals surface area contributed by atoms with Crippen molar-refractivity contribution in [3.63, 3.8) is 0 Å². The summed E-state index contributed by atoms with van der Waals surface area (Å²) in [7, 11) is 0. The molecule has 0 aromatic carbocycles. The summed E-state index contributed by atoms with van der Waals surface area (Å²) >= 11 is 1.97. The van der Waals surface area contributed by atoms with Crippen molar-refractivity contribution < 1.29 is 0 Å². The fourth-order valence-corrected chi connectivity index (χ4v) is 2.30. The van der Waals surface area contributed by atoms with E-state index in [-0.39, 0.29) is 0 Å². The summed E-state index contributed by atoms with van der Waals surface area (Å²) in [5.41, 5.74) is 0. The van der Waals surface area contributed by atoms with Gasteiger partial charge in [0.05, 0.1) is 0 Å². The Morgan fingerprint density at radius 2 is 2.08 bits per heavy atom. The van der Waals surface area contributed by atoms with Crippen molar-refractivity contribution in [3.05, 3.63) is 0 Å². The minimum absolute atomic E-state index is 0.816. The summed E-state index contributed by atoms with van der Waals surface area (Å²) in [4.78, 5) is 0. The van der Waals surface area contributed by atoms with E-state index in [0.717, 1.165) is 11.2 Å². The highest BCUT2D eigenvalue weighted by molar-refractivity contribution is 7.99. The van der Waals surface area contributed by atoms with Crippen LogP contribution >= 0.6 is 11.8 Å². The van der Waals surface area contributed by atoms with Crippen LogP contribution in [0.15, 0.2) is 0 Å². The van der Waals surface area contributed by atoms with Crippen LogP contribution in [0.4, 0.5) is 0 Å². The maximum absolute atomic E-state index is 3.58. The Hall–Kier alpha value is 0.310. The highest BCUT2D eigenvalue weighted by Crippen LogP contribution is 2.23. The average molecular weight is 201 g/mol. The van der Waals surface area contributed by atoms with Crippen LogP contribution in [0.3, 0.4) is 0 Å². The van der Waals surface area contributed by atoms with Crippen molar-refractivity contribution >= 4 is 11.8 Å². The van der Waals surface area contributed by atoms with Crippen molar-refractivity contribution in [1.82, 2.24) is 5.32 Å². The smallest absolute Gasteiger partial charge is 0.00280 e. The summed E-state index contributed by atoms with van der Waals surface area (Å²) in [6, 6.07) is 0. The molecule has 1 unspecified atom stereocenters. The molecule has 0 saturated heterocycles. The van der Waals surface area contributed by atoms with Crippen LogP contribution in [0, 0.1) is 5.92 Å². The van der Waals surface area contributed by atoms with Crippen LogP contribution < -0.4 is 5.32 Å². The fourth-order valence-electron chi connectivity index (χ4n) is 1.94. The van der Waals surface area contributed by atoms with Gasteiger partial charge in [-0.05, 0) is 44.5 Å². The zero-order valence-electron chi connectivity index (χ0n) is 9.01. The van der Waals surface area contributed by atoms with Crippen LogP contribution in [0.5, 0.6) is 0 Å². The Morgan fingerprint density at radius 3 is 2.69 bits per heavy atom. The van der Waals surface area contributed by atoms with E-state index >= 15 is 0 Å². The molecule has 13 heavy (non-hydrogen) atoms. The minimum atomic E-state index is 0.816. The molecule has 1 rings (SSSR count). The van der Waals surface area contributed by atoms with E-state index in [0.29, 0.717) is 0 Å². The Bertz CT molecular complexity index is 121. The molecule has 1 aliphatic carbocycles.